The second-order valence-corrected chi connectivity index (χ2v) is 6.54. The van der Waals surface area contributed by atoms with Crippen LogP contribution in [0.3, 0.4) is 0 Å². The fourth-order valence-electron chi connectivity index (χ4n) is 2.34. The molecule has 0 aliphatic rings. The molecule has 1 rings (SSSR count). The van der Waals surface area contributed by atoms with E-state index in [1.165, 1.54) is 44.6 Å². The Balaban J connectivity index is 2.46. The van der Waals surface area contributed by atoms with E-state index in [0.717, 1.165) is 6.42 Å². The van der Waals surface area contributed by atoms with Crippen molar-refractivity contribution in [3.8, 4) is 11.5 Å². The molecule has 0 fully saturated rings. The van der Waals surface area contributed by atoms with Gasteiger partial charge in [-0.25, -0.2) is 0 Å². The Kier molecular flexibility index (Phi) is 10.4. The zero-order valence-corrected chi connectivity index (χ0v) is 16.6. The number of thiocarbonyl (C=S) groups is 1. The maximum absolute atomic E-state index is 12.3. The van der Waals surface area contributed by atoms with Gasteiger partial charge in [-0.2, -0.15) is 8.78 Å². The number of methoxy groups -OCH3 is 1. The lowest BCUT2D eigenvalue weighted by Crippen LogP contribution is -2.47. The Morgan fingerprint density at radius 1 is 1.22 bits per heavy atom. The van der Waals surface area contributed by atoms with Crippen LogP contribution in [0.5, 0.6) is 11.5 Å². The summed E-state index contributed by atoms with van der Waals surface area (Å²) >= 11 is 5.13. The number of nitrogens with one attached hydrogen (secondary N) is 3. The summed E-state index contributed by atoms with van der Waals surface area (Å²) in [4.78, 5) is 12.2. The first-order valence-corrected chi connectivity index (χ1v) is 9.25. The van der Waals surface area contributed by atoms with Crippen molar-refractivity contribution in [1.82, 2.24) is 16.2 Å². The van der Waals surface area contributed by atoms with Crippen LogP contribution in [-0.4, -0.2) is 31.3 Å². The molecule has 6 nitrogen and oxygen atoms in total. The van der Waals surface area contributed by atoms with Crippen molar-refractivity contribution < 1.29 is 23.0 Å². The average Bonchev–Trinajstić information content (AvgIpc) is 2.64. The van der Waals surface area contributed by atoms with Crippen LogP contribution < -0.4 is 25.6 Å². The molecule has 3 N–H and O–H groups in total. The first-order valence-electron chi connectivity index (χ1n) is 8.84. The van der Waals surface area contributed by atoms with Crippen LogP contribution in [-0.2, 0) is 0 Å². The smallest absolute Gasteiger partial charge is 0.387 e. The molecule has 0 bridgehead atoms. The third-order valence-electron chi connectivity index (χ3n) is 3.84. The predicted octanol–water partition coefficient (Wildman–Crippen LogP) is 3.62. The lowest BCUT2D eigenvalue weighted by Gasteiger charge is -2.16. The normalized spacial score (nSPS) is 11.6. The highest BCUT2D eigenvalue weighted by atomic mass is 32.1. The van der Waals surface area contributed by atoms with Crippen molar-refractivity contribution in [1.29, 1.82) is 0 Å². The van der Waals surface area contributed by atoms with E-state index in [4.69, 9.17) is 17.0 Å². The second-order valence-electron chi connectivity index (χ2n) is 6.13. The van der Waals surface area contributed by atoms with Gasteiger partial charge in [0, 0.05) is 12.1 Å². The molecular formula is C18H27F2N3O3S. The van der Waals surface area contributed by atoms with E-state index in [9.17, 15) is 13.6 Å². The van der Waals surface area contributed by atoms with Crippen LogP contribution in [0.4, 0.5) is 8.78 Å². The van der Waals surface area contributed by atoms with E-state index < -0.39 is 12.5 Å². The van der Waals surface area contributed by atoms with Gasteiger partial charge < -0.3 is 14.8 Å². The third kappa shape index (κ3) is 8.85. The maximum Gasteiger partial charge on any atom is 0.387 e. The molecule has 0 aromatic heterocycles. The molecule has 152 valence electrons. The molecule has 0 spiro atoms. The lowest BCUT2D eigenvalue weighted by molar-refractivity contribution is -0.0512. The molecular weight excluding hydrogens is 376 g/mol. The van der Waals surface area contributed by atoms with E-state index in [1.807, 2.05) is 0 Å². The highest BCUT2D eigenvalue weighted by Crippen LogP contribution is 2.29. The number of carbonyl (C=O) groups excluding carboxylic acids is 1. The second kappa shape index (κ2) is 12.3. The quantitative estimate of drug-likeness (QED) is 0.315. The molecule has 9 heteroatoms. The molecule has 0 saturated carbocycles. The molecule has 0 unspecified atom stereocenters. The molecule has 1 atom stereocenters. The summed E-state index contributed by atoms with van der Waals surface area (Å²) in [6.07, 6.45) is 4.70. The first kappa shape index (κ1) is 22.9. The Bertz CT molecular complexity index is 618. The zero-order chi connectivity index (χ0) is 20.2. The van der Waals surface area contributed by atoms with Crippen LogP contribution >= 0.6 is 12.2 Å². The largest absolute Gasteiger partial charge is 0.493 e. The van der Waals surface area contributed by atoms with E-state index in [1.54, 1.807) is 0 Å². The van der Waals surface area contributed by atoms with Crippen LogP contribution in [0.1, 0.15) is 49.9 Å². The van der Waals surface area contributed by atoms with Gasteiger partial charge in [0.2, 0.25) is 0 Å². The van der Waals surface area contributed by atoms with E-state index in [2.05, 4.69) is 34.8 Å². The minimum Gasteiger partial charge on any atom is -0.493 e. The van der Waals surface area contributed by atoms with Gasteiger partial charge in [-0.3, -0.25) is 15.6 Å². The molecule has 1 aromatic rings. The third-order valence-corrected chi connectivity index (χ3v) is 4.09. The van der Waals surface area contributed by atoms with Gasteiger partial charge in [0.15, 0.2) is 16.6 Å². The van der Waals surface area contributed by atoms with E-state index in [0.29, 0.717) is 17.6 Å². The average molecular weight is 403 g/mol. The van der Waals surface area contributed by atoms with Crippen molar-refractivity contribution in [2.24, 2.45) is 5.92 Å². The predicted molar refractivity (Wildman–Crippen MR) is 104 cm³/mol. The highest BCUT2D eigenvalue weighted by Gasteiger charge is 2.14. The minimum absolute atomic E-state index is 0.0320. The number of hydrogen-bond acceptors (Lipinski definition) is 4. The summed E-state index contributed by atoms with van der Waals surface area (Å²) in [6.45, 7) is 2.03. The number of benzene rings is 1. The molecule has 0 aliphatic heterocycles. The summed E-state index contributed by atoms with van der Waals surface area (Å²) in [6, 6.07) is 3.90. The molecule has 0 aliphatic carbocycles. The van der Waals surface area contributed by atoms with Gasteiger partial charge in [0.05, 0.1) is 7.11 Å². The number of hydrogen-bond donors (Lipinski definition) is 3. The summed E-state index contributed by atoms with van der Waals surface area (Å²) in [5.74, 6) is -0.133. The van der Waals surface area contributed by atoms with E-state index >= 15 is 0 Å². The Labute approximate surface area is 164 Å². The Morgan fingerprint density at radius 3 is 2.59 bits per heavy atom. The van der Waals surface area contributed by atoms with Crippen LogP contribution in [0.2, 0.25) is 0 Å². The molecule has 0 saturated heterocycles. The molecule has 1 aromatic carbocycles. The molecule has 1 amide bonds. The van der Waals surface area contributed by atoms with Crippen molar-refractivity contribution in [2.75, 3.05) is 13.7 Å². The SMILES string of the molecule is CCCCC[C@@H](C)CNC(=S)NNC(=O)c1ccc(OC(F)F)c(OC)c1. The summed E-state index contributed by atoms with van der Waals surface area (Å²) < 4.78 is 34.0. The topological polar surface area (TPSA) is 71.6 Å². The number of halogens is 2. The monoisotopic (exact) mass is 403 g/mol. The number of amides is 1. The maximum atomic E-state index is 12.3. The van der Waals surface area contributed by atoms with Crippen LogP contribution in [0.25, 0.3) is 0 Å². The van der Waals surface area contributed by atoms with Gasteiger partial charge in [0.1, 0.15) is 0 Å². The standard InChI is InChI=1S/C18H27F2N3O3S/c1-4-5-6-7-12(2)11-21-18(27)23-22-16(24)13-8-9-14(26-17(19)20)15(10-13)25-3/h8-10,12,17H,4-7,11H2,1-3H3,(H,22,24)(H2,21,23,27)/t12-/m1/s1. The zero-order valence-electron chi connectivity index (χ0n) is 15.8. The van der Waals surface area contributed by atoms with Gasteiger partial charge in [0.25, 0.3) is 5.91 Å². The summed E-state index contributed by atoms with van der Waals surface area (Å²) in [5, 5.41) is 3.35. The fraction of sp³-hybridized carbons (Fsp3) is 0.556. The molecule has 27 heavy (non-hydrogen) atoms. The Hall–Kier alpha value is -2.16. The van der Waals surface area contributed by atoms with Crippen molar-refractivity contribution in [2.45, 2.75) is 46.1 Å². The minimum atomic E-state index is -2.98. The fourth-order valence-corrected chi connectivity index (χ4v) is 2.48. The number of alkyl halides is 2. The van der Waals surface area contributed by atoms with Crippen molar-refractivity contribution in [3.05, 3.63) is 23.8 Å². The first-order chi connectivity index (χ1) is 12.9. The van der Waals surface area contributed by atoms with Crippen molar-refractivity contribution in [3.63, 3.8) is 0 Å². The lowest BCUT2D eigenvalue weighted by atomic mass is 10.0. The van der Waals surface area contributed by atoms with E-state index in [-0.39, 0.29) is 17.1 Å². The number of hydrazine groups is 1. The van der Waals surface area contributed by atoms with Crippen molar-refractivity contribution >= 4 is 23.2 Å². The summed E-state index contributed by atoms with van der Waals surface area (Å²) in [7, 11) is 1.30. The Morgan fingerprint density at radius 2 is 1.96 bits per heavy atom. The summed E-state index contributed by atoms with van der Waals surface area (Å²) in [5.41, 5.74) is 5.27. The number of rotatable bonds is 10. The van der Waals surface area contributed by atoms with Gasteiger partial charge in [-0.1, -0.05) is 33.1 Å². The number of unbranched alkanes of at least 4 members (excludes halogenated alkanes) is 2. The van der Waals surface area contributed by atoms with Gasteiger partial charge >= 0.3 is 6.61 Å². The van der Waals surface area contributed by atoms with Gasteiger partial charge in [-0.05, 0) is 42.8 Å². The van der Waals surface area contributed by atoms with Crippen LogP contribution in [0.15, 0.2) is 18.2 Å². The number of ether oxygens (including phenoxy) is 2. The molecule has 0 radical (unpaired) electrons. The highest BCUT2D eigenvalue weighted by molar-refractivity contribution is 7.80. The van der Waals surface area contributed by atoms with Gasteiger partial charge in [-0.15, -0.1) is 0 Å². The number of carbonyl (C=O) groups is 1. The molecule has 0 heterocycles. The van der Waals surface area contributed by atoms with Crippen LogP contribution in [0, 0.1) is 5.92 Å².